The Morgan fingerprint density at radius 3 is 2.54 bits per heavy atom. The largest absolute Gasteiger partial charge is 0.415 e. The number of thiophene rings is 1. The number of nitrogens with zero attached hydrogens (tertiary/aromatic N) is 2. The van der Waals surface area contributed by atoms with Gasteiger partial charge in [-0.1, -0.05) is 80.1 Å². The van der Waals surface area contributed by atoms with E-state index in [1.54, 1.807) is 22.3 Å². The van der Waals surface area contributed by atoms with E-state index in [1.807, 2.05) is 47.8 Å². The van der Waals surface area contributed by atoms with Crippen LogP contribution in [0.4, 0.5) is 4.79 Å². The molecule has 1 saturated carbocycles. The Bertz CT molecular complexity index is 1660. The Morgan fingerprint density at radius 1 is 1.00 bits per heavy atom. The van der Waals surface area contributed by atoms with Crippen molar-refractivity contribution < 1.29 is 27.5 Å². The van der Waals surface area contributed by atoms with Crippen molar-refractivity contribution in [3.8, 4) is 5.75 Å². The summed E-state index contributed by atoms with van der Waals surface area (Å²) >= 11 is 8.21. The topological polar surface area (TPSA) is 113 Å². The Balaban J connectivity index is 1.31. The van der Waals surface area contributed by atoms with Crippen LogP contribution in [0.25, 0.3) is 10.8 Å². The second kappa shape index (κ2) is 17.1. The predicted molar refractivity (Wildman–Crippen MR) is 192 cm³/mol. The fourth-order valence-electron chi connectivity index (χ4n) is 6.73. The molecule has 1 aliphatic heterocycles. The summed E-state index contributed by atoms with van der Waals surface area (Å²) in [7, 11) is -3.04. The lowest BCUT2D eigenvalue weighted by Crippen LogP contribution is -2.63. The quantitative estimate of drug-likeness (QED) is 0.186. The second-order valence-electron chi connectivity index (χ2n) is 13.0. The molecule has 1 N–H and O–H groups in total. The van der Waals surface area contributed by atoms with Crippen molar-refractivity contribution in [1.82, 2.24) is 15.1 Å². The third-order valence-corrected chi connectivity index (χ3v) is 11.7. The molecule has 2 fully saturated rings. The molecule has 0 spiro atoms. The van der Waals surface area contributed by atoms with Gasteiger partial charge in [0.05, 0.1) is 17.6 Å². The summed E-state index contributed by atoms with van der Waals surface area (Å²) < 4.78 is 29.0. The Morgan fingerprint density at radius 2 is 1.79 bits per heavy atom. The standard InChI is InChI=1S/C36H46ClN3O6S2/c1-48(44,45)24-9-3-6-16-30(38-27-12-4-2-5-13-27)35(42)40-22-21-39(25-31(40)32(41)19-18-28-14-10-23-47-28)36(43)46-33-20-17-26-11-7-8-15-29(26)34(33)37/h7-8,10-11,14-15,17,20,23,27,30-31,38H,2-6,9,12-13,16,18-19,21-22,24-25H2,1H3/t30-,31+/m1/s1. The number of benzene rings is 2. The van der Waals surface area contributed by atoms with Gasteiger partial charge in [0.25, 0.3) is 0 Å². The number of amides is 2. The molecule has 9 nitrogen and oxygen atoms in total. The van der Waals surface area contributed by atoms with Crippen LogP contribution in [-0.2, 0) is 25.8 Å². The number of carbonyl (C=O) groups excluding carboxylic acids is 3. The molecule has 1 aromatic heterocycles. The molecule has 5 rings (SSSR count). The first kappa shape index (κ1) is 36.3. The van der Waals surface area contributed by atoms with Crippen LogP contribution in [0.2, 0.25) is 5.02 Å². The molecule has 2 amide bonds. The maximum atomic E-state index is 14.3. The van der Waals surface area contributed by atoms with E-state index < -0.39 is 28.0 Å². The molecular weight excluding hydrogens is 670 g/mol. The number of rotatable bonds is 14. The van der Waals surface area contributed by atoms with Crippen LogP contribution < -0.4 is 10.1 Å². The van der Waals surface area contributed by atoms with Crippen LogP contribution >= 0.6 is 22.9 Å². The highest BCUT2D eigenvalue weighted by Gasteiger charge is 2.40. The Hall–Kier alpha value is -2.99. The first-order valence-electron chi connectivity index (χ1n) is 17.0. The van der Waals surface area contributed by atoms with E-state index in [0.29, 0.717) is 37.1 Å². The van der Waals surface area contributed by atoms with Crippen molar-refractivity contribution in [2.45, 2.75) is 88.8 Å². The zero-order valence-corrected chi connectivity index (χ0v) is 30.0. The van der Waals surface area contributed by atoms with Gasteiger partial charge >= 0.3 is 6.09 Å². The van der Waals surface area contributed by atoms with Gasteiger partial charge in [0.2, 0.25) is 5.91 Å². The summed E-state index contributed by atoms with van der Waals surface area (Å²) in [5, 5.41) is 7.64. The fraction of sp³-hybridized carbons (Fsp3) is 0.528. The van der Waals surface area contributed by atoms with Crippen LogP contribution in [-0.4, -0.2) is 85.8 Å². The molecule has 2 aromatic carbocycles. The smallest absolute Gasteiger partial charge is 0.409 e. The number of ether oxygens (including phenoxy) is 1. The lowest BCUT2D eigenvalue weighted by atomic mass is 9.93. The number of aryl methyl sites for hydroxylation is 1. The maximum Gasteiger partial charge on any atom is 0.415 e. The molecule has 2 aliphatic rings. The first-order valence-corrected chi connectivity index (χ1v) is 20.3. The van der Waals surface area contributed by atoms with E-state index >= 15 is 0 Å². The van der Waals surface area contributed by atoms with Crippen molar-refractivity contribution in [3.63, 3.8) is 0 Å². The third kappa shape index (κ3) is 10.0. The predicted octanol–water partition coefficient (Wildman–Crippen LogP) is 6.66. The number of ketones is 1. The van der Waals surface area contributed by atoms with Gasteiger partial charge in [-0.3, -0.25) is 9.59 Å². The van der Waals surface area contributed by atoms with Crippen molar-refractivity contribution in [2.24, 2.45) is 0 Å². The molecule has 0 radical (unpaired) electrons. The molecule has 1 saturated heterocycles. The number of carbonyl (C=O) groups is 3. The molecule has 48 heavy (non-hydrogen) atoms. The molecule has 2 atom stereocenters. The molecular formula is C36H46ClN3O6S2. The zero-order chi connectivity index (χ0) is 34.1. The molecule has 0 bridgehead atoms. The van der Waals surface area contributed by atoms with E-state index in [9.17, 15) is 22.8 Å². The van der Waals surface area contributed by atoms with Gasteiger partial charge in [-0.25, -0.2) is 13.2 Å². The molecule has 2 heterocycles. The van der Waals surface area contributed by atoms with Crippen LogP contribution in [0.3, 0.4) is 0 Å². The van der Waals surface area contributed by atoms with Crippen molar-refractivity contribution in [2.75, 3.05) is 31.6 Å². The summed E-state index contributed by atoms with van der Waals surface area (Å²) in [4.78, 5) is 46.0. The van der Waals surface area contributed by atoms with Crippen molar-refractivity contribution in [1.29, 1.82) is 0 Å². The molecule has 1 aliphatic carbocycles. The van der Waals surface area contributed by atoms with E-state index in [1.165, 1.54) is 17.6 Å². The molecule has 3 aromatic rings. The van der Waals surface area contributed by atoms with E-state index in [-0.39, 0.29) is 55.3 Å². The summed E-state index contributed by atoms with van der Waals surface area (Å²) in [5.74, 6) is 0.142. The summed E-state index contributed by atoms with van der Waals surface area (Å²) in [6.07, 6.45) is 9.34. The minimum absolute atomic E-state index is 0.0313. The van der Waals surface area contributed by atoms with Crippen LogP contribution in [0.5, 0.6) is 5.75 Å². The average Bonchev–Trinajstić information content (AvgIpc) is 3.61. The summed E-state index contributed by atoms with van der Waals surface area (Å²) in [5.41, 5.74) is 0. The number of piperazine rings is 1. The first-order chi connectivity index (χ1) is 23.1. The summed E-state index contributed by atoms with van der Waals surface area (Å²) in [6, 6.07) is 14.0. The maximum absolute atomic E-state index is 14.3. The van der Waals surface area contributed by atoms with E-state index in [4.69, 9.17) is 16.3 Å². The van der Waals surface area contributed by atoms with Gasteiger partial charge in [0, 0.05) is 47.8 Å². The monoisotopic (exact) mass is 715 g/mol. The van der Waals surface area contributed by atoms with Crippen molar-refractivity contribution >= 4 is 61.3 Å². The SMILES string of the molecule is CS(=O)(=O)CCCCC[C@@H](NC1CCCCC1)C(=O)N1CCN(C(=O)Oc2ccc3ccccc3c2Cl)C[C@H]1C(=O)CCc1cccs1. The number of fused-ring (bicyclic) bond motifs is 1. The Labute approximate surface area is 292 Å². The van der Waals surface area contributed by atoms with Gasteiger partial charge in [0.1, 0.15) is 15.9 Å². The third-order valence-electron chi connectivity index (χ3n) is 9.36. The van der Waals surface area contributed by atoms with Gasteiger partial charge in [-0.2, -0.15) is 0 Å². The van der Waals surface area contributed by atoms with E-state index in [0.717, 1.165) is 41.3 Å². The molecule has 0 unspecified atom stereocenters. The summed E-state index contributed by atoms with van der Waals surface area (Å²) in [6.45, 7) is 0.449. The number of Topliss-reactive ketones (excluding diaryl/α,β-unsaturated/α-hetero) is 1. The van der Waals surface area contributed by atoms with Crippen LogP contribution in [0.1, 0.15) is 69.1 Å². The lowest BCUT2D eigenvalue weighted by molar-refractivity contribution is -0.144. The number of sulfone groups is 1. The Kier molecular flexibility index (Phi) is 12.9. The van der Waals surface area contributed by atoms with Gasteiger partial charge < -0.3 is 19.9 Å². The lowest BCUT2D eigenvalue weighted by Gasteiger charge is -2.42. The number of hydrogen-bond acceptors (Lipinski definition) is 8. The highest BCUT2D eigenvalue weighted by Crippen LogP contribution is 2.33. The highest BCUT2D eigenvalue weighted by atomic mass is 35.5. The van der Waals surface area contributed by atoms with Crippen LogP contribution in [0, 0.1) is 0 Å². The number of hydrogen-bond donors (Lipinski definition) is 1. The molecule has 260 valence electrons. The van der Waals surface area contributed by atoms with Crippen molar-refractivity contribution in [3.05, 3.63) is 63.8 Å². The average molecular weight is 716 g/mol. The zero-order valence-electron chi connectivity index (χ0n) is 27.6. The number of halogens is 1. The van der Waals surface area contributed by atoms with E-state index in [2.05, 4.69) is 5.32 Å². The molecule has 12 heteroatoms. The number of unbranched alkanes of at least 4 members (excludes halogenated alkanes) is 2. The van der Waals surface area contributed by atoms with Gasteiger partial charge in [-0.05, 0) is 55.0 Å². The highest BCUT2D eigenvalue weighted by molar-refractivity contribution is 7.90. The van der Waals surface area contributed by atoms with Crippen LogP contribution in [0.15, 0.2) is 53.9 Å². The second-order valence-corrected chi connectivity index (χ2v) is 16.7. The minimum atomic E-state index is -3.04. The fourth-order valence-corrected chi connectivity index (χ4v) is 8.44. The van der Waals surface area contributed by atoms with Gasteiger partial charge in [0.15, 0.2) is 11.5 Å². The van der Waals surface area contributed by atoms with Gasteiger partial charge in [-0.15, -0.1) is 11.3 Å². The number of nitrogens with one attached hydrogen (secondary N) is 1. The normalized spacial score (nSPS) is 18.2. The minimum Gasteiger partial charge on any atom is -0.409 e.